The summed E-state index contributed by atoms with van der Waals surface area (Å²) < 4.78 is 12.6. The molecule has 0 aliphatic rings. The zero-order valence-electron chi connectivity index (χ0n) is 6.88. The van der Waals surface area contributed by atoms with Crippen LogP contribution in [0.1, 0.15) is 23.7 Å². The van der Waals surface area contributed by atoms with E-state index in [1.165, 1.54) is 18.2 Å². The van der Waals surface area contributed by atoms with Crippen molar-refractivity contribution in [2.24, 2.45) is 0 Å². The number of hydrogen-bond acceptors (Lipinski definition) is 1. The molecular weight excluding hydrogens is 155 g/mol. The first-order valence-electron chi connectivity index (χ1n) is 3.80. The quantitative estimate of drug-likeness (QED) is 0.629. The van der Waals surface area contributed by atoms with E-state index >= 15 is 0 Å². The van der Waals surface area contributed by atoms with Crippen molar-refractivity contribution >= 4 is 5.78 Å². The molecule has 1 nitrogen and oxygen atoms in total. The average Bonchev–Trinajstić information content (AvgIpc) is 2.05. The minimum atomic E-state index is -0.364. The van der Waals surface area contributed by atoms with E-state index in [1.54, 1.807) is 19.4 Å². The first-order valence-corrected chi connectivity index (χ1v) is 3.80. The Morgan fingerprint density at radius 1 is 1.58 bits per heavy atom. The first-order chi connectivity index (χ1) is 5.74. The maximum atomic E-state index is 12.6. The highest BCUT2D eigenvalue weighted by Gasteiger charge is 2.04. The largest absolute Gasteiger partial charge is 0.294 e. The van der Waals surface area contributed by atoms with Crippen LogP contribution >= 0.6 is 0 Å². The smallest absolute Gasteiger partial charge is 0.163 e. The second-order valence-electron chi connectivity index (χ2n) is 2.55. The Bertz CT molecular complexity index is 281. The third-order valence-electron chi connectivity index (χ3n) is 1.54. The van der Waals surface area contributed by atoms with Gasteiger partial charge >= 0.3 is 0 Å². The lowest BCUT2D eigenvalue weighted by atomic mass is 10.1. The predicted molar refractivity (Wildman–Crippen MR) is 45.3 cm³/mol. The summed E-state index contributed by atoms with van der Waals surface area (Å²) >= 11 is 0. The van der Waals surface area contributed by atoms with Crippen LogP contribution in [0.2, 0.25) is 0 Å². The molecule has 0 atom stereocenters. The van der Waals surface area contributed by atoms with Crippen molar-refractivity contribution in [2.45, 2.75) is 13.3 Å². The van der Waals surface area contributed by atoms with Crippen molar-refractivity contribution in [1.82, 2.24) is 0 Å². The fourth-order valence-corrected chi connectivity index (χ4v) is 0.965. The Morgan fingerprint density at radius 3 is 2.92 bits per heavy atom. The van der Waals surface area contributed by atoms with E-state index in [0.29, 0.717) is 12.0 Å². The molecule has 1 aromatic carbocycles. The number of benzene rings is 1. The number of carbonyl (C=O) groups is 1. The third kappa shape index (κ3) is 2.16. The topological polar surface area (TPSA) is 17.1 Å². The van der Waals surface area contributed by atoms with Gasteiger partial charge in [-0.05, 0) is 18.6 Å². The van der Waals surface area contributed by atoms with Crippen LogP contribution in [-0.4, -0.2) is 5.78 Å². The van der Waals surface area contributed by atoms with E-state index in [1.807, 2.05) is 0 Å². The average molecular weight is 165 g/mol. The number of halogens is 1. The molecule has 0 amide bonds. The van der Waals surface area contributed by atoms with Gasteiger partial charge in [0.1, 0.15) is 5.82 Å². The maximum absolute atomic E-state index is 12.6. The predicted octanol–water partition coefficient (Wildman–Crippen LogP) is 2.62. The molecule has 0 bridgehead atoms. The molecule has 0 aliphatic heterocycles. The molecule has 0 N–H and O–H groups in total. The monoisotopic (exact) mass is 165 g/mol. The van der Waals surface area contributed by atoms with Gasteiger partial charge in [-0.15, -0.1) is 0 Å². The molecule has 0 aliphatic carbocycles. The van der Waals surface area contributed by atoms with Crippen molar-refractivity contribution in [1.29, 1.82) is 0 Å². The van der Waals surface area contributed by atoms with Crippen molar-refractivity contribution in [3.63, 3.8) is 0 Å². The van der Waals surface area contributed by atoms with E-state index < -0.39 is 0 Å². The van der Waals surface area contributed by atoms with Gasteiger partial charge in [-0.3, -0.25) is 4.79 Å². The van der Waals surface area contributed by atoms with Crippen LogP contribution < -0.4 is 0 Å². The number of hydrogen-bond donors (Lipinski definition) is 0. The van der Waals surface area contributed by atoms with Gasteiger partial charge in [-0.2, -0.15) is 0 Å². The summed E-state index contributed by atoms with van der Waals surface area (Å²) in [4.78, 5) is 11.2. The Morgan fingerprint density at radius 2 is 2.33 bits per heavy atom. The molecule has 1 rings (SSSR count). The lowest BCUT2D eigenvalue weighted by Crippen LogP contribution is -1.98. The highest BCUT2D eigenvalue weighted by Crippen LogP contribution is 2.06. The van der Waals surface area contributed by atoms with Crippen molar-refractivity contribution < 1.29 is 9.18 Å². The zero-order chi connectivity index (χ0) is 8.97. The minimum absolute atomic E-state index is 0.0444. The van der Waals surface area contributed by atoms with Crippen LogP contribution in [0.4, 0.5) is 4.39 Å². The Balaban J connectivity index is 2.81. The summed E-state index contributed by atoms with van der Waals surface area (Å²) in [6.07, 6.45) is 2.12. The van der Waals surface area contributed by atoms with Gasteiger partial charge < -0.3 is 0 Å². The molecule has 0 unspecified atom stereocenters. The standard InChI is InChI=1S/C10H10FO/c1-2-4-10(12)8-5-3-6-9(11)7-8/h2-3,5-7H,4H2,1H3. The summed E-state index contributed by atoms with van der Waals surface area (Å²) in [5, 5.41) is 0. The van der Waals surface area contributed by atoms with Crippen LogP contribution in [0.3, 0.4) is 0 Å². The molecule has 0 spiro atoms. The Kier molecular flexibility index (Phi) is 2.97. The molecule has 0 saturated heterocycles. The van der Waals surface area contributed by atoms with Gasteiger partial charge in [0.05, 0.1) is 0 Å². The van der Waals surface area contributed by atoms with E-state index in [4.69, 9.17) is 0 Å². The van der Waals surface area contributed by atoms with Gasteiger partial charge in [0.25, 0.3) is 0 Å². The van der Waals surface area contributed by atoms with Gasteiger partial charge in [-0.1, -0.05) is 19.1 Å². The highest BCUT2D eigenvalue weighted by atomic mass is 19.1. The number of ketones is 1. The summed E-state index contributed by atoms with van der Waals surface area (Å²) in [6.45, 7) is 1.80. The second-order valence-corrected chi connectivity index (χ2v) is 2.55. The van der Waals surface area contributed by atoms with Crippen molar-refractivity contribution in [2.75, 3.05) is 0 Å². The molecular formula is C10H10FO. The molecule has 0 fully saturated rings. The van der Waals surface area contributed by atoms with E-state index in [2.05, 4.69) is 0 Å². The van der Waals surface area contributed by atoms with Gasteiger partial charge in [0.15, 0.2) is 5.78 Å². The molecule has 1 aromatic rings. The summed E-state index contributed by atoms with van der Waals surface area (Å²) in [5.74, 6) is -0.408. The second kappa shape index (κ2) is 4.00. The number of carbonyl (C=O) groups excluding carboxylic acids is 1. The normalized spacial score (nSPS) is 9.83. The minimum Gasteiger partial charge on any atom is -0.294 e. The Hall–Kier alpha value is -1.18. The third-order valence-corrected chi connectivity index (χ3v) is 1.54. The van der Waals surface area contributed by atoms with Crippen LogP contribution in [0, 0.1) is 12.2 Å². The van der Waals surface area contributed by atoms with Crippen molar-refractivity contribution in [3.8, 4) is 0 Å². The number of Topliss-reactive ketones (excluding diaryl/α,β-unsaturated/α-hetero) is 1. The fourth-order valence-electron chi connectivity index (χ4n) is 0.965. The van der Waals surface area contributed by atoms with E-state index in [0.717, 1.165) is 0 Å². The molecule has 12 heavy (non-hydrogen) atoms. The maximum Gasteiger partial charge on any atom is 0.163 e. The van der Waals surface area contributed by atoms with Crippen molar-refractivity contribution in [3.05, 3.63) is 42.1 Å². The fraction of sp³-hybridized carbons (Fsp3) is 0.200. The lowest BCUT2D eigenvalue weighted by molar-refractivity contribution is 0.0991. The van der Waals surface area contributed by atoms with Gasteiger partial charge in [0, 0.05) is 12.0 Å². The SMILES string of the molecule is C[CH]CC(=O)c1cccc(F)c1. The first kappa shape index (κ1) is 8.91. The highest BCUT2D eigenvalue weighted by molar-refractivity contribution is 5.96. The van der Waals surface area contributed by atoms with E-state index in [9.17, 15) is 9.18 Å². The van der Waals surface area contributed by atoms with E-state index in [-0.39, 0.29) is 11.6 Å². The molecule has 0 saturated carbocycles. The van der Waals surface area contributed by atoms with Crippen LogP contribution in [-0.2, 0) is 0 Å². The van der Waals surface area contributed by atoms with Crippen LogP contribution in [0.25, 0.3) is 0 Å². The molecule has 2 heteroatoms. The van der Waals surface area contributed by atoms with Gasteiger partial charge in [0.2, 0.25) is 0 Å². The summed E-state index contributed by atoms with van der Waals surface area (Å²) in [6, 6.07) is 5.74. The molecule has 0 heterocycles. The van der Waals surface area contributed by atoms with Gasteiger partial charge in [-0.25, -0.2) is 4.39 Å². The Labute approximate surface area is 71.2 Å². The molecule has 0 aromatic heterocycles. The zero-order valence-corrected chi connectivity index (χ0v) is 6.88. The van der Waals surface area contributed by atoms with Crippen LogP contribution in [0.15, 0.2) is 24.3 Å². The molecule has 1 radical (unpaired) electrons. The summed E-state index contributed by atoms with van der Waals surface area (Å²) in [7, 11) is 0. The lowest BCUT2D eigenvalue weighted by Gasteiger charge is -1.97. The summed E-state index contributed by atoms with van der Waals surface area (Å²) in [5.41, 5.74) is 0.438. The van der Waals surface area contributed by atoms with Crippen LogP contribution in [0.5, 0.6) is 0 Å². The number of rotatable bonds is 3. The molecule has 63 valence electrons.